The molecular weight excluding hydrogens is 246 g/mol. The molecule has 0 saturated carbocycles. The normalized spacial score (nSPS) is 11.2. The molecular formula is C11H10ClNO2S. The zero-order chi connectivity index (χ0) is 11.9. The molecule has 0 aliphatic rings. The molecule has 0 aromatic carbocycles. The number of pyridine rings is 1. The Morgan fingerprint density at radius 1 is 1.56 bits per heavy atom. The number of thiophene rings is 1. The van der Waals surface area contributed by atoms with E-state index < -0.39 is 5.97 Å². The Balaban J connectivity index is 2.82. The molecule has 0 saturated heterocycles. The van der Waals surface area contributed by atoms with Crippen LogP contribution in [0.15, 0.2) is 12.3 Å². The SMILES string of the molecule is CC(C)c1ccnc2sc(C(=O)O)c(Cl)c12. The van der Waals surface area contributed by atoms with Crippen molar-refractivity contribution in [1.82, 2.24) is 4.98 Å². The molecule has 1 N–H and O–H groups in total. The van der Waals surface area contributed by atoms with Crippen molar-refractivity contribution < 1.29 is 9.90 Å². The molecule has 84 valence electrons. The summed E-state index contributed by atoms with van der Waals surface area (Å²) in [6.07, 6.45) is 1.69. The minimum atomic E-state index is -0.997. The molecule has 0 amide bonds. The van der Waals surface area contributed by atoms with Gasteiger partial charge in [-0.25, -0.2) is 9.78 Å². The summed E-state index contributed by atoms with van der Waals surface area (Å²) in [7, 11) is 0. The molecule has 5 heteroatoms. The molecule has 0 aliphatic heterocycles. The van der Waals surface area contributed by atoms with Crippen LogP contribution in [0.25, 0.3) is 10.2 Å². The largest absolute Gasteiger partial charge is 0.477 e. The van der Waals surface area contributed by atoms with Crippen molar-refractivity contribution in [2.45, 2.75) is 19.8 Å². The Morgan fingerprint density at radius 3 is 2.81 bits per heavy atom. The average Bonchev–Trinajstić information content (AvgIpc) is 2.56. The van der Waals surface area contributed by atoms with Crippen LogP contribution >= 0.6 is 22.9 Å². The number of carbonyl (C=O) groups is 1. The molecule has 2 aromatic heterocycles. The summed E-state index contributed by atoms with van der Waals surface area (Å²) in [4.78, 5) is 16.0. The fourth-order valence-electron chi connectivity index (χ4n) is 1.63. The number of aromatic carboxylic acids is 1. The summed E-state index contributed by atoms with van der Waals surface area (Å²) in [6, 6.07) is 1.89. The first-order valence-electron chi connectivity index (χ1n) is 4.82. The lowest BCUT2D eigenvalue weighted by Crippen LogP contribution is -1.93. The lowest BCUT2D eigenvalue weighted by Gasteiger charge is -2.06. The summed E-state index contributed by atoms with van der Waals surface area (Å²) in [5, 5.41) is 10.1. The topological polar surface area (TPSA) is 50.2 Å². The molecule has 0 fully saturated rings. The number of carboxylic acids is 1. The Kier molecular flexibility index (Phi) is 2.86. The molecule has 0 aliphatic carbocycles. The van der Waals surface area contributed by atoms with Gasteiger partial charge in [0.2, 0.25) is 0 Å². The number of rotatable bonds is 2. The van der Waals surface area contributed by atoms with Crippen LogP contribution in [0, 0.1) is 0 Å². The van der Waals surface area contributed by atoms with E-state index in [4.69, 9.17) is 16.7 Å². The fraction of sp³-hybridized carbons (Fsp3) is 0.273. The zero-order valence-corrected chi connectivity index (χ0v) is 10.4. The third kappa shape index (κ3) is 1.68. The predicted molar refractivity (Wildman–Crippen MR) is 65.7 cm³/mol. The van der Waals surface area contributed by atoms with Crippen LogP contribution in [0.4, 0.5) is 0 Å². The summed E-state index contributed by atoms with van der Waals surface area (Å²) >= 11 is 7.21. The fourth-order valence-corrected chi connectivity index (χ4v) is 2.99. The Morgan fingerprint density at radius 2 is 2.25 bits per heavy atom. The Hall–Kier alpha value is -1.13. The van der Waals surface area contributed by atoms with Gasteiger partial charge in [0.1, 0.15) is 9.71 Å². The van der Waals surface area contributed by atoms with Gasteiger partial charge in [0, 0.05) is 11.6 Å². The first kappa shape index (κ1) is 11.4. The van der Waals surface area contributed by atoms with Gasteiger partial charge in [0.15, 0.2) is 0 Å². The van der Waals surface area contributed by atoms with E-state index in [1.54, 1.807) is 6.20 Å². The minimum Gasteiger partial charge on any atom is -0.477 e. The maximum atomic E-state index is 11.0. The van der Waals surface area contributed by atoms with Crippen molar-refractivity contribution in [3.63, 3.8) is 0 Å². The highest BCUT2D eigenvalue weighted by molar-refractivity contribution is 7.21. The molecule has 0 bridgehead atoms. The molecule has 0 spiro atoms. The lowest BCUT2D eigenvalue weighted by atomic mass is 10.0. The number of nitrogens with zero attached hydrogens (tertiary/aromatic N) is 1. The predicted octanol–water partition coefficient (Wildman–Crippen LogP) is 3.77. The summed E-state index contributed by atoms with van der Waals surface area (Å²) in [6.45, 7) is 4.09. The smallest absolute Gasteiger partial charge is 0.347 e. The van der Waals surface area contributed by atoms with E-state index in [1.165, 1.54) is 0 Å². The maximum Gasteiger partial charge on any atom is 0.347 e. The van der Waals surface area contributed by atoms with Crippen molar-refractivity contribution in [3.05, 3.63) is 27.7 Å². The third-order valence-corrected chi connectivity index (χ3v) is 3.96. The number of aromatic nitrogens is 1. The monoisotopic (exact) mass is 255 g/mol. The van der Waals surface area contributed by atoms with Gasteiger partial charge in [-0.2, -0.15) is 0 Å². The zero-order valence-electron chi connectivity index (χ0n) is 8.82. The van der Waals surface area contributed by atoms with E-state index in [1.807, 2.05) is 19.9 Å². The van der Waals surface area contributed by atoms with Crippen molar-refractivity contribution in [3.8, 4) is 0 Å². The van der Waals surface area contributed by atoms with Crippen LogP contribution in [-0.2, 0) is 0 Å². The number of halogens is 1. The standard InChI is InChI=1S/C11H10ClNO2S/c1-5(2)6-3-4-13-10-7(6)8(12)9(16-10)11(14)15/h3-5H,1-2H3,(H,14,15). The van der Waals surface area contributed by atoms with Crippen LogP contribution in [-0.4, -0.2) is 16.1 Å². The molecule has 16 heavy (non-hydrogen) atoms. The van der Waals surface area contributed by atoms with Gasteiger partial charge in [0.05, 0.1) is 5.02 Å². The van der Waals surface area contributed by atoms with Crippen LogP contribution in [0.5, 0.6) is 0 Å². The van der Waals surface area contributed by atoms with Gasteiger partial charge in [0.25, 0.3) is 0 Å². The van der Waals surface area contributed by atoms with E-state index in [0.717, 1.165) is 22.3 Å². The first-order chi connectivity index (χ1) is 7.52. The Labute approximate surface area is 102 Å². The van der Waals surface area contributed by atoms with Crippen LogP contribution in [0.1, 0.15) is 35.0 Å². The molecule has 2 rings (SSSR count). The van der Waals surface area contributed by atoms with Gasteiger partial charge in [-0.05, 0) is 17.5 Å². The van der Waals surface area contributed by atoms with E-state index in [-0.39, 0.29) is 4.88 Å². The van der Waals surface area contributed by atoms with Crippen molar-refractivity contribution in [2.75, 3.05) is 0 Å². The maximum absolute atomic E-state index is 11.0. The first-order valence-corrected chi connectivity index (χ1v) is 6.02. The van der Waals surface area contributed by atoms with Crippen molar-refractivity contribution in [1.29, 1.82) is 0 Å². The van der Waals surface area contributed by atoms with E-state index >= 15 is 0 Å². The summed E-state index contributed by atoms with van der Waals surface area (Å²) < 4.78 is 0. The summed E-state index contributed by atoms with van der Waals surface area (Å²) in [5.41, 5.74) is 1.04. The second-order valence-electron chi connectivity index (χ2n) is 3.79. The van der Waals surface area contributed by atoms with Gasteiger partial charge < -0.3 is 5.11 Å². The highest BCUT2D eigenvalue weighted by Crippen LogP contribution is 2.38. The van der Waals surface area contributed by atoms with Gasteiger partial charge in [-0.15, -0.1) is 11.3 Å². The third-order valence-electron chi connectivity index (χ3n) is 2.38. The molecule has 0 radical (unpaired) electrons. The number of carboxylic acid groups (broad SMARTS) is 1. The lowest BCUT2D eigenvalue weighted by molar-refractivity contribution is 0.0702. The van der Waals surface area contributed by atoms with Gasteiger partial charge in [-0.3, -0.25) is 0 Å². The quantitative estimate of drug-likeness (QED) is 0.889. The van der Waals surface area contributed by atoms with E-state index in [9.17, 15) is 4.79 Å². The molecule has 0 atom stereocenters. The number of hydrogen-bond acceptors (Lipinski definition) is 3. The van der Waals surface area contributed by atoms with Crippen LogP contribution in [0.2, 0.25) is 5.02 Å². The molecule has 2 heterocycles. The van der Waals surface area contributed by atoms with Crippen LogP contribution < -0.4 is 0 Å². The van der Waals surface area contributed by atoms with Crippen molar-refractivity contribution >= 4 is 39.1 Å². The number of fused-ring (bicyclic) bond motifs is 1. The number of hydrogen-bond donors (Lipinski definition) is 1. The highest BCUT2D eigenvalue weighted by Gasteiger charge is 2.20. The van der Waals surface area contributed by atoms with E-state index in [2.05, 4.69) is 4.98 Å². The second-order valence-corrected chi connectivity index (χ2v) is 5.16. The molecule has 3 nitrogen and oxygen atoms in total. The highest BCUT2D eigenvalue weighted by atomic mass is 35.5. The minimum absolute atomic E-state index is 0.164. The molecule has 2 aromatic rings. The van der Waals surface area contributed by atoms with Gasteiger partial charge >= 0.3 is 5.97 Å². The average molecular weight is 256 g/mol. The van der Waals surface area contributed by atoms with E-state index in [0.29, 0.717) is 15.8 Å². The van der Waals surface area contributed by atoms with Crippen LogP contribution in [0.3, 0.4) is 0 Å². The van der Waals surface area contributed by atoms with Gasteiger partial charge in [-0.1, -0.05) is 25.4 Å². The summed E-state index contributed by atoms with van der Waals surface area (Å²) in [5.74, 6) is -0.707. The van der Waals surface area contributed by atoms with Crippen molar-refractivity contribution in [2.24, 2.45) is 0 Å². The molecule has 0 unspecified atom stereocenters. The second kappa shape index (κ2) is 4.03. The Bertz CT molecular complexity index is 562.